The predicted octanol–water partition coefficient (Wildman–Crippen LogP) is 4.40. The maximum atomic E-state index is 13.5. The molecule has 2 aromatic rings. The van der Waals surface area contributed by atoms with Crippen molar-refractivity contribution in [3.63, 3.8) is 0 Å². The van der Waals surface area contributed by atoms with Crippen LogP contribution >= 0.6 is 0 Å². The van der Waals surface area contributed by atoms with E-state index in [1.807, 2.05) is 27.7 Å². The third-order valence-electron chi connectivity index (χ3n) is 4.91. The molecule has 0 spiro atoms. The summed E-state index contributed by atoms with van der Waals surface area (Å²) >= 11 is 0. The normalized spacial score (nSPS) is 18.1. The molecule has 0 bridgehead atoms. The van der Waals surface area contributed by atoms with Crippen molar-refractivity contribution in [1.29, 1.82) is 0 Å². The number of alkyl halides is 2. The number of aromatic nitrogens is 2. The van der Waals surface area contributed by atoms with Gasteiger partial charge in [-0.1, -0.05) is 38.9 Å². The minimum absolute atomic E-state index is 0.0565. The molecule has 0 unspecified atom stereocenters. The van der Waals surface area contributed by atoms with Crippen molar-refractivity contribution in [2.75, 3.05) is 13.1 Å². The highest BCUT2D eigenvalue weighted by Gasteiger charge is 2.39. The van der Waals surface area contributed by atoms with Crippen LogP contribution in [0.25, 0.3) is 11.5 Å². The zero-order valence-electron chi connectivity index (χ0n) is 16.4. The summed E-state index contributed by atoms with van der Waals surface area (Å²) in [5.41, 5.74) is 1.12. The maximum Gasteiger partial charge on any atom is 0.257 e. The van der Waals surface area contributed by atoms with E-state index in [1.165, 1.54) is 6.07 Å². The Kier molecular flexibility index (Phi) is 5.60. The summed E-state index contributed by atoms with van der Waals surface area (Å²) in [6.45, 7) is 7.24. The summed E-state index contributed by atoms with van der Waals surface area (Å²) in [4.78, 5) is 4.43. The molecule has 1 aliphatic rings. The second-order valence-electron chi connectivity index (χ2n) is 7.78. The van der Waals surface area contributed by atoms with Crippen LogP contribution < -0.4 is 0 Å². The molecule has 0 amide bonds. The number of piperidine rings is 1. The van der Waals surface area contributed by atoms with Gasteiger partial charge in [0.15, 0.2) is 5.82 Å². The van der Waals surface area contributed by atoms with Gasteiger partial charge in [-0.15, -0.1) is 0 Å². The average Bonchev–Trinajstić information content (AvgIpc) is 3.11. The molecule has 3 rings (SSSR count). The van der Waals surface area contributed by atoms with Crippen molar-refractivity contribution in [1.82, 2.24) is 14.4 Å². The van der Waals surface area contributed by atoms with Crippen LogP contribution in [0.15, 0.2) is 27.6 Å². The Morgan fingerprint density at radius 2 is 1.75 bits per heavy atom. The van der Waals surface area contributed by atoms with Crippen molar-refractivity contribution in [3.05, 3.63) is 29.6 Å². The molecule has 0 atom stereocenters. The van der Waals surface area contributed by atoms with Crippen LogP contribution in [0.3, 0.4) is 0 Å². The molecule has 28 heavy (non-hydrogen) atoms. The average molecular weight is 413 g/mol. The highest BCUT2D eigenvalue weighted by molar-refractivity contribution is 7.89. The number of nitrogens with zero attached hydrogens (tertiary/aromatic N) is 3. The predicted molar refractivity (Wildman–Crippen MR) is 101 cm³/mol. The van der Waals surface area contributed by atoms with Gasteiger partial charge in [0, 0.05) is 37.4 Å². The van der Waals surface area contributed by atoms with Crippen molar-refractivity contribution >= 4 is 10.0 Å². The van der Waals surface area contributed by atoms with Gasteiger partial charge in [0.05, 0.1) is 4.90 Å². The smallest absolute Gasteiger partial charge is 0.257 e. The molecular formula is C19H25F2N3O3S. The molecule has 0 aliphatic carbocycles. The number of benzene rings is 1. The third kappa shape index (κ3) is 4.10. The highest BCUT2D eigenvalue weighted by Crippen LogP contribution is 2.35. The molecule has 0 radical (unpaired) electrons. The van der Waals surface area contributed by atoms with Crippen LogP contribution in [0.5, 0.6) is 0 Å². The van der Waals surface area contributed by atoms with E-state index in [4.69, 9.17) is 4.52 Å². The topological polar surface area (TPSA) is 76.3 Å². The van der Waals surface area contributed by atoms with E-state index in [0.29, 0.717) is 17.0 Å². The van der Waals surface area contributed by atoms with Crippen LogP contribution in [0.2, 0.25) is 0 Å². The fraction of sp³-hybridized carbons (Fsp3) is 0.579. The van der Waals surface area contributed by atoms with Crippen LogP contribution in [-0.2, 0) is 10.0 Å². The van der Waals surface area contributed by atoms with E-state index in [2.05, 4.69) is 10.1 Å². The van der Waals surface area contributed by atoms with E-state index in [9.17, 15) is 17.2 Å². The van der Waals surface area contributed by atoms with E-state index >= 15 is 0 Å². The van der Waals surface area contributed by atoms with E-state index < -0.39 is 28.8 Å². The van der Waals surface area contributed by atoms with Gasteiger partial charge in [0.25, 0.3) is 11.8 Å². The third-order valence-corrected chi connectivity index (χ3v) is 6.87. The lowest BCUT2D eigenvalue weighted by atomic mass is 10.0. The van der Waals surface area contributed by atoms with Crippen LogP contribution in [0.1, 0.15) is 63.8 Å². The number of rotatable bonds is 5. The minimum Gasteiger partial charge on any atom is -0.334 e. The second-order valence-corrected chi connectivity index (χ2v) is 9.69. The van der Waals surface area contributed by atoms with Gasteiger partial charge in [-0.05, 0) is 23.6 Å². The Morgan fingerprint density at radius 1 is 1.11 bits per heavy atom. The molecule has 0 saturated carbocycles. The molecule has 1 saturated heterocycles. The fourth-order valence-electron chi connectivity index (χ4n) is 3.15. The summed E-state index contributed by atoms with van der Waals surface area (Å²) in [5, 5.41) is 3.92. The number of hydrogen-bond donors (Lipinski definition) is 0. The zero-order valence-corrected chi connectivity index (χ0v) is 17.3. The van der Waals surface area contributed by atoms with Gasteiger partial charge in [-0.3, -0.25) is 0 Å². The molecule has 1 fully saturated rings. The minimum atomic E-state index is -3.92. The Hall–Kier alpha value is -1.87. The summed E-state index contributed by atoms with van der Waals surface area (Å²) in [5.74, 6) is -2.03. The van der Waals surface area contributed by atoms with Crippen molar-refractivity contribution < 1.29 is 21.7 Å². The summed E-state index contributed by atoms with van der Waals surface area (Å²) < 4.78 is 59.9. The first-order valence-corrected chi connectivity index (χ1v) is 10.8. The van der Waals surface area contributed by atoms with Crippen LogP contribution in [-0.4, -0.2) is 41.9 Å². The van der Waals surface area contributed by atoms with Crippen LogP contribution in [0.4, 0.5) is 8.78 Å². The monoisotopic (exact) mass is 413 g/mol. The SMILES string of the molecule is CC(C)c1noc(-c2ccc(C(C)C)c(S(=O)(=O)N3CCC(F)(F)CC3)c2)n1. The maximum absolute atomic E-state index is 13.5. The lowest BCUT2D eigenvalue weighted by Crippen LogP contribution is -2.42. The lowest BCUT2D eigenvalue weighted by Gasteiger charge is -2.31. The number of hydrogen-bond acceptors (Lipinski definition) is 5. The van der Waals surface area contributed by atoms with Gasteiger partial charge in [0.1, 0.15) is 0 Å². The Bertz CT molecular complexity index is 945. The van der Waals surface area contributed by atoms with Gasteiger partial charge in [-0.2, -0.15) is 9.29 Å². The molecule has 0 N–H and O–H groups in total. The molecule has 2 heterocycles. The Morgan fingerprint density at radius 3 is 2.29 bits per heavy atom. The Labute approximate surface area is 164 Å². The van der Waals surface area contributed by atoms with Gasteiger partial charge in [-0.25, -0.2) is 17.2 Å². The van der Waals surface area contributed by atoms with Crippen molar-refractivity contribution in [2.45, 2.75) is 63.2 Å². The summed E-state index contributed by atoms with van der Waals surface area (Å²) in [6.07, 6.45) is -0.936. The molecule has 1 aliphatic heterocycles. The molecule has 9 heteroatoms. The van der Waals surface area contributed by atoms with Crippen LogP contribution in [0, 0.1) is 0 Å². The second kappa shape index (κ2) is 7.51. The fourth-order valence-corrected chi connectivity index (χ4v) is 4.97. The molecule has 154 valence electrons. The zero-order chi connectivity index (χ0) is 20.7. The molecular weight excluding hydrogens is 388 g/mol. The standard InChI is InChI=1S/C19H25F2N3O3S/c1-12(2)15-6-5-14(18-22-17(13(3)4)23-27-18)11-16(15)28(25,26)24-9-7-19(20,21)8-10-24/h5-6,11-13H,7-10H2,1-4H3. The first kappa shape index (κ1) is 20.9. The largest absolute Gasteiger partial charge is 0.334 e. The lowest BCUT2D eigenvalue weighted by molar-refractivity contribution is -0.0412. The van der Waals surface area contributed by atoms with Gasteiger partial charge < -0.3 is 4.52 Å². The van der Waals surface area contributed by atoms with E-state index in [0.717, 1.165) is 4.31 Å². The van der Waals surface area contributed by atoms with Crippen molar-refractivity contribution in [3.8, 4) is 11.5 Å². The molecule has 1 aromatic heterocycles. The summed E-state index contributed by atoms with van der Waals surface area (Å²) in [7, 11) is -3.92. The molecule has 1 aromatic carbocycles. The first-order chi connectivity index (χ1) is 13.0. The van der Waals surface area contributed by atoms with Crippen molar-refractivity contribution in [2.24, 2.45) is 0 Å². The Balaban J connectivity index is 2.02. The first-order valence-electron chi connectivity index (χ1n) is 9.37. The van der Waals surface area contributed by atoms with E-state index in [1.54, 1.807) is 12.1 Å². The number of sulfonamides is 1. The summed E-state index contributed by atoms with van der Waals surface area (Å²) in [6, 6.07) is 4.98. The van der Waals surface area contributed by atoms with Gasteiger partial charge in [0.2, 0.25) is 10.0 Å². The quantitative estimate of drug-likeness (QED) is 0.726. The van der Waals surface area contributed by atoms with Gasteiger partial charge >= 0.3 is 0 Å². The number of halogens is 2. The molecule has 6 nitrogen and oxygen atoms in total. The van der Waals surface area contributed by atoms with E-state index in [-0.39, 0.29) is 35.7 Å². The highest BCUT2D eigenvalue weighted by atomic mass is 32.2.